The van der Waals surface area contributed by atoms with E-state index in [1.807, 2.05) is 49.6 Å². The van der Waals surface area contributed by atoms with Gasteiger partial charge in [-0.2, -0.15) is 0 Å². The zero-order valence-electron chi connectivity index (χ0n) is 10.3. The lowest BCUT2D eigenvalue weighted by Crippen LogP contribution is -2.23. The lowest BCUT2D eigenvalue weighted by Gasteiger charge is -2.18. The van der Waals surface area contributed by atoms with Crippen molar-refractivity contribution in [3.05, 3.63) is 53.6 Å². The van der Waals surface area contributed by atoms with Gasteiger partial charge in [0.25, 0.3) is 5.91 Å². The predicted octanol–water partition coefficient (Wildman–Crippen LogP) is 3.69. The van der Waals surface area contributed by atoms with Crippen LogP contribution in [0.25, 0.3) is 0 Å². The molecule has 3 nitrogen and oxygen atoms in total. The molecule has 18 heavy (non-hydrogen) atoms. The van der Waals surface area contributed by atoms with E-state index >= 15 is 0 Å². The topological polar surface area (TPSA) is 33.2 Å². The zero-order valence-corrected chi connectivity index (χ0v) is 11.1. The van der Waals surface area contributed by atoms with Crippen molar-refractivity contribution in [2.24, 2.45) is 0 Å². The summed E-state index contributed by atoms with van der Waals surface area (Å²) in [7, 11) is 0. The number of carbonyl (C=O) groups is 1. The fourth-order valence-electron chi connectivity index (χ4n) is 1.57. The number of amides is 1. The summed E-state index contributed by atoms with van der Waals surface area (Å²) in [5.74, 6) is -0.0851. The minimum absolute atomic E-state index is 0.0851. The van der Waals surface area contributed by atoms with Crippen LogP contribution in [0, 0.1) is 6.92 Å². The van der Waals surface area contributed by atoms with Crippen LogP contribution in [-0.4, -0.2) is 10.9 Å². The fraction of sp³-hybridized carbons (Fsp3) is 0.143. The molecular formula is C14H14N2OS. The molecule has 0 atom stereocenters. The molecule has 1 aromatic heterocycles. The molecule has 1 aromatic carbocycles. The van der Waals surface area contributed by atoms with Gasteiger partial charge in [-0.25, -0.2) is 4.98 Å². The Morgan fingerprint density at radius 2 is 2.06 bits per heavy atom. The first-order chi connectivity index (χ1) is 8.72. The van der Waals surface area contributed by atoms with Crippen molar-refractivity contribution in [2.45, 2.75) is 13.8 Å². The first-order valence-electron chi connectivity index (χ1n) is 5.66. The summed E-state index contributed by atoms with van der Waals surface area (Å²) >= 11 is 1.47. The first kappa shape index (κ1) is 12.5. The number of carbonyl (C=O) groups excluding carboxylic acids is 1. The molecule has 0 N–H and O–H groups in total. The molecule has 1 heterocycles. The first-order valence-corrected chi connectivity index (χ1v) is 6.54. The maximum atomic E-state index is 12.2. The van der Waals surface area contributed by atoms with Crippen LogP contribution < -0.4 is 4.90 Å². The summed E-state index contributed by atoms with van der Waals surface area (Å²) in [5, 5.41) is 2.63. The molecule has 1 amide bonds. The zero-order chi connectivity index (χ0) is 13.0. The molecular weight excluding hydrogens is 244 g/mol. The van der Waals surface area contributed by atoms with Crippen molar-refractivity contribution in [3.63, 3.8) is 0 Å². The van der Waals surface area contributed by atoms with Crippen molar-refractivity contribution < 1.29 is 4.79 Å². The summed E-state index contributed by atoms with van der Waals surface area (Å²) in [5.41, 5.74) is 1.75. The van der Waals surface area contributed by atoms with Crippen LogP contribution in [0.2, 0.25) is 0 Å². The summed E-state index contributed by atoms with van der Waals surface area (Å²) in [4.78, 5) is 18.2. The number of aryl methyl sites for hydroxylation is 1. The highest BCUT2D eigenvalue weighted by Crippen LogP contribution is 2.28. The Balaban J connectivity index is 2.44. The standard InChI is InChI=1S/C14H14N2OS/c1-3-7-13(17)16(12-8-5-4-6-9-12)14-15-11(2)10-18-14/h3-10H,1-2H3. The molecule has 2 rings (SSSR count). The largest absolute Gasteiger partial charge is 0.269 e. The Morgan fingerprint density at radius 3 is 2.61 bits per heavy atom. The van der Waals surface area contributed by atoms with Gasteiger partial charge in [0, 0.05) is 5.38 Å². The minimum Gasteiger partial charge on any atom is -0.269 e. The smallest absolute Gasteiger partial charge is 0.257 e. The third kappa shape index (κ3) is 2.65. The molecule has 0 saturated heterocycles. The van der Waals surface area contributed by atoms with E-state index < -0.39 is 0 Å². The molecule has 0 saturated carbocycles. The second-order valence-corrected chi connectivity index (χ2v) is 4.62. The van der Waals surface area contributed by atoms with E-state index in [4.69, 9.17) is 0 Å². The van der Waals surface area contributed by atoms with Crippen molar-refractivity contribution in [1.29, 1.82) is 0 Å². The highest BCUT2D eigenvalue weighted by atomic mass is 32.1. The van der Waals surface area contributed by atoms with Gasteiger partial charge in [0.2, 0.25) is 0 Å². The van der Waals surface area contributed by atoms with Crippen LogP contribution in [0.15, 0.2) is 47.9 Å². The van der Waals surface area contributed by atoms with Gasteiger partial charge in [-0.15, -0.1) is 11.3 Å². The van der Waals surface area contributed by atoms with Gasteiger partial charge < -0.3 is 0 Å². The predicted molar refractivity (Wildman–Crippen MR) is 75.3 cm³/mol. The number of thiazole rings is 1. The van der Waals surface area contributed by atoms with E-state index in [2.05, 4.69) is 4.98 Å². The van der Waals surface area contributed by atoms with Crippen molar-refractivity contribution in [2.75, 3.05) is 4.90 Å². The van der Waals surface area contributed by atoms with Crippen LogP contribution >= 0.6 is 11.3 Å². The number of aromatic nitrogens is 1. The monoisotopic (exact) mass is 258 g/mol. The molecule has 0 spiro atoms. The number of benzene rings is 1. The number of hydrogen-bond donors (Lipinski definition) is 0. The maximum Gasteiger partial charge on any atom is 0.257 e. The molecule has 2 aromatic rings. The van der Waals surface area contributed by atoms with Crippen LogP contribution in [0.3, 0.4) is 0 Å². The summed E-state index contributed by atoms with van der Waals surface area (Å²) in [6.07, 6.45) is 3.28. The van der Waals surface area contributed by atoms with Crippen molar-refractivity contribution in [1.82, 2.24) is 4.98 Å². The maximum absolute atomic E-state index is 12.2. The quantitative estimate of drug-likeness (QED) is 0.787. The Bertz CT molecular complexity index is 560. The average Bonchev–Trinajstić information content (AvgIpc) is 2.78. The minimum atomic E-state index is -0.0851. The molecule has 4 heteroatoms. The van der Waals surface area contributed by atoms with E-state index in [-0.39, 0.29) is 5.91 Å². The lowest BCUT2D eigenvalue weighted by atomic mass is 10.3. The molecule has 92 valence electrons. The number of allylic oxidation sites excluding steroid dienone is 1. The van der Waals surface area contributed by atoms with Gasteiger partial charge in [0.1, 0.15) is 0 Å². The number of para-hydroxylation sites is 1. The molecule has 0 unspecified atom stereocenters. The number of nitrogens with zero attached hydrogens (tertiary/aromatic N) is 2. The summed E-state index contributed by atoms with van der Waals surface area (Å²) in [6, 6.07) is 9.54. The van der Waals surface area contributed by atoms with Crippen molar-refractivity contribution >= 4 is 28.1 Å². The Morgan fingerprint density at radius 1 is 1.33 bits per heavy atom. The fourth-order valence-corrected chi connectivity index (χ4v) is 2.40. The van der Waals surface area contributed by atoms with Gasteiger partial charge in [-0.3, -0.25) is 9.69 Å². The average molecular weight is 258 g/mol. The summed E-state index contributed by atoms with van der Waals surface area (Å²) < 4.78 is 0. The number of anilines is 2. The Kier molecular flexibility index (Phi) is 3.89. The molecule has 0 aliphatic heterocycles. The normalized spacial score (nSPS) is 10.8. The van der Waals surface area contributed by atoms with Crippen molar-refractivity contribution in [3.8, 4) is 0 Å². The Hall–Kier alpha value is -1.94. The van der Waals surface area contributed by atoms with Crippen LogP contribution in [0.5, 0.6) is 0 Å². The third-order valence-corrected chi connectivity index (χ3v) is 3.29. The van der Waals surface area contributed by atoms with E-state index in [1.54, 1.807) is 17.1 Å². The number of rotatable bonds is 3. The van der Waals surface area contributed by atoms with E-state index in [0.717, 1.165) is 11.4 Å². The van der Waals surface area contributed by atoms with E-state index in [1.165, 1.54) is 11.3 Å². The van der Waals surface area contributed by atoms with E-state index in [9.17, 15) is 4.79 Å². The van der Waals surface area contributed by atoms with Gasteiger partial charge in [0.05, 0.1) is 11.4 Å². The lowest BCUT2D eigenvalue weighted by molar-refractivity contribution is -0.113. The van der Waals surface area contributed by atoms with Crippen LogP contribution in [-0.2, 0) is 4.79 Å². The SMILES string of the molecule is CC=CC(=O)N(c1ccccc1)c1nc(C)cs1. The molecule has 0 fully saturated rings. The van der Waals surface area contributed by atoms with Crippen LogP contribution in [0.1, 0.15) is 12.6 Å². The second kappa shape index (κ2) is 5.60. The molecule has 0 aliphatic carbocycles. The van der Waals surface area contributed by atoms with Gasteiger partial charge >= 0.3 is 0 Å². The number of hydrogen-bond acceptors (Lipinski definition) is 3. The third-order valence-electron chi connectivity index (χ3n) is 2.34. The van der Waals surface area contributed by atoms with Gasteiger partial charge in [-0.1, -0.05) is 24.3 Å². The Labute approximate surface area is 110 Å². The molecule has 0 radical (unpaired) electrons. The van der Waals surface area contributed by atoms with Gasteiger partial charge in [-0.05, 0) is 32.1 Å². The molecule has 0 bridgehead atoms. The molecule has 0 aliphatic rings. The van der Waals surface area contributed by atoms with E-state index in [0.29, 0.717) is 5.13 Å². The summed E-state index contributed by atoms with van der Waals surface area (Å²) in [6.45, 7) is 3.75. The van der Waals surface area contributed by atoms with Gasteiger partial charge in [0.15, 0.2) is 5.13 Å². The highest BCUT2D eigenvalue weighted by molar-refractivity contribution is 7.14. The highest BCUT2D eigenvalue weighted by Gasteiger charge is 2.18. The van der Waals surface area contributed by atoms with Crippen LogP contribution in [0.4, 0.5) is 10.8 Å². The second-order valence-electron chi connectivity index (χ2n) is 3.78.